The number of hydrogen-bond acceptors (Lipinski definition) is 4. The average Bonchev–Trinajstić information content (AvgIpc) is 2.76. The summed E-state index contributed by atoms with van der Waals surface area (Å²) in [6, 6.07) is 3.89. The first-order chi connectivity index (χ1) is 8.10. The minimum atomic E-state index is -0.612. The van der Waals surface area contributed by atoms with Crippen molar-refractivity contribution < 1.29 is 13.9 Å². The molecular formula is C10H7ClFN3O2. The van der Waals surface area contributed by atoms with E-state index in [1.807, 2.05) is 0 Å². The molecule has 0 aliphatic carbocycles. The number of aromatic nitrogens is 3. The van der Waals surface area contributed by atoms with E-state index in [1.54, 1.807) is 0 Å². The van der Waals surface area contributed by atoms with Crippen molar-refractivity contribution in [3.63, 3.8) is 0 Å². The molecule has 0 saturated carbocycles. The van der Waals surface area contributed by atoms with Gasteiger partial charge in [0, 0.05) is 5.02 Å². The van der Waals surface area contributed by atoms with Crippen LogP contribution >= 0.6 is 11.6 Å². The number of carbonyl (C=O) groups is 1. The van der Waals surface area contributed by atoms with E-state index in [0.29, 0.717) is 5.69 Å². The lowest BCUT2D eigenvalue weighted by atomic mass is 10.3. The lowest BCUT2D eigenvalue weighted by Crippen LogP contribution is -2.01. The van der Waals surface area contributed by atoms with Crippen molar-refractivity contribution in [3.8, 4) is 5.69 Å². The second-order valence-electron chi connectivity index (χ2n) is 3.17. The largest absolute Gasteiger partial charge is 0.464 e. The monoisotopic (exact) mass is 255 g/mol. The summed E-state index contributed by atoms with van der Waals surface area (Å²) in [4.78, 5) is 11.2. The molecule has 0 unspecified atom stereocenters. The molecule has 5 nitrogen and oxygen atoms in total. The first kappa shape index (κ1) is 11.5. The second kappa shape index (κ2) is 4.50. The zero-order chi connectivity index (χ0) is 12.4. The molecule has 0 aliphatic rings. The van der Waals surface area contributed by atoms with Gasteiger partial charge in [-0.2, -0.15) is 0 Å². The molecular weight excluding hydrogens is 249 g/mol. The number of rotatable bonds is 2. The fraction of sp³-hybridized carbons (Fsp3) is 0.100. The lowest BCUT2D eigenvalue weighted by molar-refractivity contribution is 0.0594. The van der Waals surface area contributed by atoms with Crippen molar-refractivity contribution in [2.75, 3.05) is 7.11 Å². The predicted octanol–water partition coefficient (Wildman–Crippen LogP) is 1.85. The summed E-state index contributed by atoms with van der Waals surface area (Å²) in [5, 5.41) is 7.51. The quantitative estimate of drug-likeness (QED) is 0.769. The Kier molecular flexibility index (Phi) is 3.06. The Morgan fingerprint density at radius 2 is 2.24 bits per heavy atom. The fourth-order valence-electron chi connectivity index (χ4n) is 1.26. The van der Waals surface area contributed by atoms with Crippen LogP contribution in [0.25, 0.3) is 5.69 Å². The average molecular weight is 256 g/mol. The van der Waals surface area contributed by atoms with Gasteiger partial charge < -0.3 is 4.74 Å². The van der Waals surface area contributed by atoms with Gasteiger partial charge in [0.15, 0.2) is 5.69 Å². The number of nitrogens with zero attached hydrogens (tertiary/aromatic N) is 3. The number of hydrogen-bond donors (Lipinski definition) is 0. The van der Waals surface area contributed by atoms with Crippen LogP contribution in [-0.4, -0.2) is 28.1 Å². The SMILES string of the molecule is COC(=O)c1cn(-c2cc(F)cc(Cl)c2)nn1. The van der Waals surface area contributed by atoms with Crippen molar-refractivity contribution in [1.29, 1.82) is 0 Å². The number of ether oxygens (including phenoxy) is 1. The molecule has 2 rings (SSSR count). The topological polar surface area (TPSA) is 57.0 Å². The second-order valence-corrected chi connectivity index (χ2v) is 3.60. The van der Waals surface area contributed by atoms with Gasteiger partial charge in [0.2, 0.25) is 0 Å². The summed E-state index contributed by atoms with van der Waals surface area (Å²) < 4.78 is 18.8. The minimum absolute atomic E-state index is 0.0351. The van der Waals surface area contributed by atoms with Gasteiger partial charge in [0.25, 0.3) is 0 Å². The van der Waals surface area contributed by atoms with Crippen molar-refractivity contribution in [2.45, 2.75) is 0 Å². The summed E-state index contributed by atoms with van der Waals surface area (Å²) in [5.74, 6) is -1.11. The number of benzene rings is 1. The van der Waals surface area contributed by atoms with Gasteiger partial charge in [0.05, 0.1) is 19.0 Å². The highest BCUT2D eigenvalue weighted by Crippen LogP contribution is 2.17. The van der Waals surface area contributed by atoms with E-state index >= 15 is 0 Å². The summed E-state index contributed by atoms with van der Waals surface area (Å²) in [6.07, 6.45) is 1.33. The molecule has 1 heterocycles. The van der Waals surface area contributed by atoms with E-state index in [4.69, 9.17) is 11.6 Å². The molecule has 1 aromatic heterocycles. The van der Waals surface area contributed by atoms with Crippen LogP contribution in [0.4, 0.5) is 4.39 Å². The van der Waals surface area contributed by atoms with Crippen LogP contribution in [0.3, 0.4) is 0 Å². The van der Waals surface area contributed by atoms with Crippen LogP contribution < -0.4 is 0 Å². The maximum atomic E-state index is 13.1. The first-order valence-corrected chi connectivity index (χ1v) is 4.95. The van der Waals surface area contributed by atoms with Crippen LogP contribution in [0.15, 0.2) is 24.4 Å². The highest BCUT2D eigenvalue weighted by molar-refractivity contribution is 6.30. The maximum Gasteiger partial charge on any atom is 0.360 e. The molecule has 0 atom stereocenters. The minimum Gasteiger partial charge on any atom is -0.464 e. The van der Waals surface area contributed by atoms with Crippen LogP contribution in [0.5, 0.6) is 0 Å². The molecule has 1 aromatic carbocycles. The number of carbonyl (C=O) groups excluding carboxylic acids is 1. The standard InChI is InChI=1S/C10H7ClFN3O2/c1-17-10(16)9-5-15(14-13-9)8-3-6(11)2-7(12)4-8/h2-5H,1H3. The fourth-order valence-corrected chi connectivity index (χ4v) is 1.48. The molecule has 7 heteroatoms. The van der Waals surface area contributed by atoms with E-state index in [-0.39, 0.29) is 10.7 Å². The zero-order valence-corrected chi connectivity index (χ0v) is 9.48. The first-order valence-electron chi connectivity index (χ1n) is 4.57. The van der Waals surface area contributed by atoms with Gasteiger partial charge in [-0.1, -0.05) is 16.8 Å². The van der Waals surface area contributed by atoms with Crippen LogP contribution in [-0.2, 0) is 4.74 Å². The number of esters is 1. The van der Waals surface area contributed by atoms with Gasteiger partial charge in [0.1, 0.15) is 5.82 Å². The molecule has 2 aromatic rings. The molecule has 0 amide bonds. The van der Waals surface area contributed by atoms with E-state index in [9.17, 15) is 9.18 Å². The molecule has 88 valence electrons. The molecule has 0 N–H and O–H groups in total. The van der Waals surface area contributed by atoms with Gasteiger partial charge in [-0.3, -0.25) is 0 Å². The summed E-state index contributed by atoms with van der Waals surface area (Å²) >= 11 is 5.70. The van der Waals surface area contributed by atoms with Gasteiger partial charge in [-0.15, -0.1) is 5.10 Å². The van der Waals surface area contributed by atoms with E-state index in [2.05, 4.69) is 15.0 Å². The molecule has 0 saturated heterocycles. The van der Waals surface area contributed by atoms with Crippen LogP contribution in [0.2, 0.25) is 5.02 Å². The van der Waals surface area contributed by atoms with Crippen molar-refractivity contribution in [2.24, 2.45) is 0 Å². The van der Waals surface area contributed by atoms with E-state index in [0.717, 1.165) is 0 Å². The highest BCUT2D eigenvalue weighted by Gasteiger charge is 2.12. The molecule has 0 bridgehead atoms. The number of halogens is 2. The molecule has 0 radical (unpaired) electrons. The van der Waals surface area contributed by atoms with Crippen LogP contribution in [0.1, 0.15) is 10.5 Å². The van der Waals surface area contributed by atoms with Gasteiger partial charge in [-0.05, 0) is 18.2 Å². The Balaban J connectivity index is 2.40. The third-order valence-corrected chi connectivity index (χ3v) is 2.22. The Hall–Kier alpha value is -1.95. The smallest absolute Gasteiger partial charge is 0.360 e. The van der Waals surface area contributed by atoms with Gasteiger partial charge in [-0.25, -0.2) is 13.9 Å². The normalized spacial score (nSPS) is 10.3. The molecule has 0 spiro atoms. The van der Waals surface area contributed by atoms with E-state index < -0.39 is 11.8 Å². The Morgan fingerprint density at radius 1 is 1.47 bits per heavy atom. The van der Waals surface area contributed by atoms with Crippen molar-refractivity contribution in [3.05, 3.63) is 40.9 Å². The molecule has 0 aliphatic heterocycles. The van der Waals surface area contributed by atoms with Crippen LogP contribution in [0, 0.1) is 5.82 Å². The third-order valence-electron chi connectivity index (χ3n) is 2.00. The summed E-state index contributed by atoms with van der Waals surface area (Å²) in [5.41, 5.74) is 0.408. The Labute approximate surface area is 101 Å². The van der Waals surface area contributed by atoms with E-state index in [1.165, 1.54) is 36.2 Å². The van der Waals surface area contributed by atoms with Crippen molar-refractivity contribution >= 4 is 17.6 Å². The molecule has 17 heavy (non-hydrogen) atoms. The highest BCUT2D eigenvalue weighted by atomic mass is 35.5. The zero-order valence-electron chi connectivity index (χ0n) is 8.72. The van der Waals surface area contributed by atoms with Gasteiger partial charge >= 0.3 is 5.97 Å². The number of methoxy groups -OCH3 is 1. The molecule has 0 fully saturated rings. The summed E-state index contributed by atoms with van der Waals surface area (Å²) in [7, 11) is 1.24. The third kappa shape index (κ3) is 2.42. The predicted molar refractivity (Wildman–Crippen MR) is 57.7 cm³/mol. The Morgan fingerprint density at radius 3 is 2.88 bits per heavy atom. The summed E-state index contributed by atoms with van der Waals surface area (Å²) in [6.45, 7) is 0. The maximum absolute atomic E-state index is 13.1. The van der Waals surface area contributed by atoms with Crippen molar-refractivity contribution in [1.82, 2.24) is 15.0 Å². The Bertz CT molecular complexity index is 550. The lowest BCUT2D eigenvalue weighted by Gasteiger charge is -2.00.